The van der Waals surface area contributed by atoms with Gasteiger partial charge in [0.1, 0.15) is 17.7 Å². The van der Waals surface area contributed by atoms with Gasteiger partial charge < -0.3 is 5.32 Å². The van der Waals surface area contributed by atoms with Gasteiger partial charge in [0.2, 0.25) is 0 Å². The average molecular weight is 337 g/mol. The Morgan fingerprint density at radius 3 is 2.69 bits per heavy atom. The van der Waals surface area contributed by atoms with Crippen LogP contribution in [0.1, 0.15) is 16.8 Å². The second-order valence-corrected chi connectivity index (χ2v) is 5.43. The van der Waals surface area contributed by atoms with Crippen molar-refractivity contribution in [1.29, 1.82) is 10.5 Å². The number of benzene rings is 1. The van der Waals surface area contributed by atoms with E-state index in [1.807, 2.05) is 24.3 Å². The van der Waals surface area contributed by atoms with Crippen molar-refractivity contribution in [2.24, 2.45) is 0 Å². The van der Waals surface area contributed by atoms with Crippen LogP contribution in [0.25, 0.3) is 22.6 Å². The van der Waals surface area contributed by atoms with Gasteiger partial charge in [0.15, 0.2) is 5.65 Å². The molecule has 26 heavy (non-hydrogen) atoms. The van der Waals surface area contributed by atoms with E-state index in [2.05, 4.69) is 32.5 Å². The van der Waals surface area contributed by atoms with E-state index >= 15 is 0 Å². The number of para-hydroxylation sites is 1. The molecule has 1 N–H and O–H groups in total. The topological polar surface area (TPSA) is 103 Å². The summed E-state index contributed by atoms with van der Waals surface area (Å²) >= 11 is 0. The lowest BCUT2D eigenvalue weighted by Gasteiger charge is -2.05. The average Bonchev–Trinajstić information content (AvgIpc) is 3.12. The highest BCUT2D eigenvalue weighted by atomic mass is 15.2. The fourth-order valence-corrected chi connectivity index (χ4v) is 2.69. The van der Waals surface area contributed by atoms with Crippen molar-refractivity contribution in [3.05, 3.63) is 71.9 Å². The summed E-state index contributed by atoms with van der Waals surface area (Å²) < 4.78 is 1.63. The second kappa shape index (κ2) is 6.34. The molecule has 0 saturated carbocycles. The van der Waals surface area contributed by atoms with Gasteiger partial charge >= 0.3 is 0 Å². The number of hydrogen-bond donors (Lipinski definition) is 1. The van der Waals surface area contributed by atoms with E-state index in [-0.39, 0.29) is 0 Å². The summed E-state index contributed by atoms with van der Waals surface area (Å²) in [5.41, 5.74) is 3.74. The van der Waals surface area contributed by atoms with Gasteiger partial charge in [-0.05, 0) is 24.3 Å². The van der Waals surface area contributed by atoms with E-state index in [0.29, 0.717) is 22.5 Å². The SMILES string of the molecule is N#Cc1ccccc1NC=Cc1nccc2c1cnc1c(C#N)cnn12. The predicted molar refractivity (Wildman–Crippen MR) is 96.8 cm³/mol. The van der Waals surface area contributed by atoms with Crippen molar-refractivity contribution in [3.63, 3.8) is 0 Å². The van der Waals surface area contributed by atoms with Crippen LogP contribution in [0.2, 0.25) is 0 Å². The zero-order chi connectivity index (χ0) is 17.9. The molecule has 0 aliphatic heterocycles. The number of aromatic nitrogens is 4. The Morgan fingerprint density at radius 2 is 1.85 bits per heavy atom. The number of nitrogens with zero attached hydrogens (tertiary/aromatic N) is 6. The molecule has 7 heteroatoms. The lowest BCUT2D eigenvalue weighted by atomic mass is 10.2. The third kappa shape index (κ3) is 2.50. The van der Waals surface area contributed by atoms with E-state index in [0.717, 1.165) is 16.6 Å². The molecule has 0 atom stereocenters. The molecule has 0 unspecified atom stereocenters. The first kappa shape index (κ1) is 15.3. The fourth-order valence-electron chi connectivity index (χ4n) is 2.69. The number of fused-ring (bicyclic) bond motifs is 3. The molecular formula is C19H11N7. The maximum atomic E-state index is 9.13. The Morgan fingerprint density at radius 1 is 1.00 bits per heavy atom. The number of nitrogens with one attached hydrogen (secondary N) is 1. The molecule has 4 rings (SSSR count). The summed E-state index contributed by atoms with van der Waals surface area (Å²) in [6, 6.07) is 13.3. The Labute approximate surface area is 148 Å². The monoisotopic (exact) mass is 337 g/mol. The summed E-state index contributed by atoms with van der Waals surface area (Å²) in [6.07, 6.45) is 8.39. The Bertz CT molecular complexity index is 1240. The van der Waals surface area contributed by atoms with Gasteiger partial charge in [0.05, 0.1) is 28.7 Å². The van der Waals surface area contributed by atoms with Gasteiger partial charge in [0, 0.05) is 24.0 Å². The maximum absolute atomic E-state index is 9.13. The van der Waals surface area contributed by atoms with E-state index in [1.54, 1.807) is 35.3 Å². The molecule has 4 aromatic rings. The predicted octanol–water partition coefficient (Wildman–Crippen LogP) is 3.10. The molecule has 0 radical (unpaired) electrons. The molecule has 1 aromatic carbocycles. The number of pyridine rings is 1. The van der Waals surface area contributed by atoms with Crippen molar-refractivity contribution < 1.29 is 0 Å². The van der Waals surface area contributed by atoms with Crippen LogP contribution >= 0.6 is 0 Å². The Balaban J connectivity index is 1.73. The van der Waals surface area contributed by atoms with Crippen LogP contribution < -0.4 is 5.32 Å². The number of nitriles is 2. The van der Waals surface area contributed by atoms with Crippen molar-refractivity contribution in [1.82, 2.24) is 19.6 Å². The van der Waals surface area contributed by atoms with Gasteiger partial charge in [0.25, 0.3) is 0 Å². The molecule has 0 spiro atoms. The highest BCUT2D eigenvalue weighted by Gasteiger charge is 2.09. The molecule has 7 nitrogen and oxygen atoms in total. The summed E-state index contributed by atoms with van der Waals surface area (Å²) in [6.45, 7) is 0. The third-order valence-corrected chi connectivity index (χ3v) is 3.93. The van der Waals surface area contributed by atoms with Crippen LogP contribution in [0, 0.1) is 22.7 Å². The van der Waals surface area contributed by atoms with Crippen LogP contribution in [0.4, 0.5) is 5.69 Å². The van der Waals surface area contributed by atoms with Crippen LogP contribution in [-0.4, -0.2) is 19.6 Å². The van der Waals surface area contributed by atoms with Crippen molar-refractivity contribution in [2.75, 3.05) is 5.32 Å². The van der Waals surface area contributed by atoms with E-state index in [9.17, 15) is 0 Å². The molecule has 3 aromatic heterocycles. The Kier molecular flexibility index (Phi) is 3.74. The molecule has 0 aliphatic rings. The molecule has 0 aliphatic carbocycles. The second-order valence-electron chi connectivity index (χ2n) is 5.43. The highest BCUT2D eigenvalue weighted by molar-refractivity contribution is 5.87. The number of hydrogen-bond acceptors (Lipinski definition) is 6. The Hall–Kier alpha value is -4.23. The van der Waals surface area contributed by atoms with Crippen molar-refractivity contribution in [3.8, 4) is 12.1 Å². The number of anilines is 1. The first-order chi connectivity index (χ1) is 12.8. The standard InChI is InChI=1S/C19H11N7/c20-9-13-3-1-2-4-16(13)22-7-5-17-15-12-24-19-14(10-21)11-25-26(19)18(15)6-8-23-17/h1-8,11-12,22H. The minimum atomic E-state index is 0.426. The lowest BCUT2D eigenvalue weighted by molar-refractivity contribution is 0.981. The van der Waals surface area contributed by atoms with E-state index in [4.69, 9.17) is 10.5 Å². The summed E-state index contributed by atoms with van der Waals surface area (Å²) in [7, 11) is 0. The van der Waals surface area contributed by atoms with Crippen LogP contribution in [-0.2, 0) is 0 Å². The smallest absolute Gasteiger partial charge is 0.173 e. The minimum absolute atomic E-state index is 0.426. The molecule has 0 saturated heterocycles. The quantitative estimate of drug-likeness (QED) is 0.616. The fraction of sp³-hybridized carbons (Fsp3) is 0. The summed E-state index contributed by atoms with van der Waals surface area (Å²) in [5.74, 6) is 0. The highest BCUT2D eigenvalue weighted by Crippen LogP contribution is 2.20. The van der Waals surface area contributed by atoms with Gasteiger partial charge in [-0.15, -0.1) is 0 Å². The summed E-state index contributed by atoms with van der Waals surface area (Å²) in [5, 5.41) is 26.4. The molecule has 0 fully saturated rings. The lowest BCUT2D eigenvalue weighted by Crippen LogP contribution is -1.96. The van der Waals surface area contributed by atoms with E-state index in [1.165, 1.54) is 6.20 Å². The van der Waals surface area contributed by atoms with E-state index < -0.39 is 0 Å². The molecule has 0 bridgehead atoms. The zero-order valence-corrected chi connectivity index (χ0v) is 13.5. The van der Waals surface area contributed by atoms with Crippen LogP contribution in [0.3, 0.4) is 0 Å². The number of rotatable bonds is 3. The van der Waals surface area contributed by atoms with Crippen molar-refractivity contribution in [2.45, 2.75) is 0 Å². The van der Waals surface area contributed by atoms with Gasteiger partial charge in [-0.2, -0.15) is 15.6 Å². The van der Waals surface area contributed by atoms with Crippen molar-refractivity contribution >= 4 is 28.3 Å². The molecular weight excluding hydrogens is 326 g/mol. The largest absolute Gasteiger partial charge is 0.361 e. The maximum Gasteiger partial charge on any atom is 0.173 e. The van der Waals surface area contributed by atoms with Crippen LogP contribution in [0.15, 0.2) is 55.1 Å². The van der Waals surface area contributed by atoms with Gasteiger partial charge in [-0.3, -0.25) is 4.98 Å². The molecule has 3 heterocycles. The normalized spacial score (nSPS) is 10.8. The minimum Gasteiger partial charge on any atom is -0.361 e. The first-order valence-electron chi connectivity index (χ1n) is 7.75. The zero-order valence-electron chi connectivity index (χ0n) is 13.5. The summed E-state index contributed by atoms with van der Waals surface area (Å²) in [4.78, 5) is 8.71. The first-order valence-corrected chi connectivity index (χ1v) is 7.75. The van der Waals surface area contributed by atoms with Gasteiger partial charge in [-0.1, -0.05) is 12.1 Å². The third-order valence-electron chi connectivity index (χ3n) is 3.93. The van der Waals surface area contributed by atoms with Gasteiger partial charge in [-0.25, -0.2) is 9.50 Å². The molecule has 0 amide bonds. The van der Waals surface area contributed by atoms with Crippen LogP contribution in [0.5, 0.6) is 0 Å². The molecule has 122 valence electrons.